The van der Waals surface area contributed by atoms with Gasteiger partial charge in [0, 0.05) is 31.8 Å². The molecule has 0 bridgehead atoms. The van der Waals surface area contributed by atoms with Gasteiger partial charge in [-0.3, -0.25) is 14.3 Å². The second-order valence-electron chi connectivity index (χ2n) is 11.1. The van der Waals surface area contributed by atoms with Crippen molar-refractivity contribution in [3.63, 3.8) is 0 Å². The highest BCUT2D eigenvalue weighted by atomic mass is 32.2. The van der Waals surface area contributed by atoms with Gasteiger partial charge in [-0.2, -0.15) is 0 Å². The number of rotatable bonds is 14. The maximum atomic E-state index is 13.8. The van der Waals surface area contributed by atoms with Crippen LogP contribution in [0.1, 0.15) is 24.0 Å². The number of sulfonamides is 1. The largest absolute Gasteiger partial charge is 0.484 e. The minimum atomic E-state index is -3.97. The van der Waals surface area contributed by atoms with Crippen LogP contribution in [0.15, 0.2) is 108 Å². The van der Waals surface area contributed by atoms with Crippen LogP contribution in [0.25, 0.3) is 0 Å². The summed E-state index contributed by atoms with van der Waals surface area (Å²) < 4.78 is 66.3. The zero-order chi connectivity index (χ0) is 33.2. The van der Waals surface area contributed by atoms with Crippen LogP contribution in [0.4, 0.5) is 14.5 Å². The molecule has 0 radical (unpaired) electrons. The minimum absolute atomic E-state index is 0.0135. The molecule has 12 heteroatoms. The predicted octanol–water partition coefficient (Wildman–Crippen LogP) is 5.08. The van der Waals surface area contributed by atoms with E-state index < -0.39 is 40.2 Å². The first kappa shape index (κ1) is 33.6. The van der Waals surface area contributed by atoms with Gasteiger partial charge in [-0.25, -0.2) is 17.2 Å². The summed E-state index contributed by atoms with van der Waals surface area (Å²) >= 11 is 0. The molecule has 2 atom stereocenters. The van der Waals surface area contributed by atoms with Gasteiger partial charge in [-0.05, 0) is 84.6 Å². The molecule has 1 aliphatic heterocycles. The monoisotopic (exact) mass is 663 g/mol. The van der Waals surface area contributed by atoms with Gasteiger partial charge in [-0.15, -0.1) is 0 Å². The summed E-state index contributed by atoms with van der Waals surface area (Å²) in [6.45, 7) is 0.508. The molecule has 1 saturated heterocycles. The Hall–Kier alpha value is -4.81. The van der Waals surface area contributed by atoms with Gasteiger partial charge in [0.15, 0.2) is 6.61 Å². The molecule has 246 valence electrons. The van der Waals surface area contributed by atoms with E-state index in [1.54, 1.807) is 12.1 Å². The number of hydrogen-bond donors (Lipinski definition) is 2. The average Bonchev–Trinajstić information content (AvgIpc) is 3.60. The Morgan fingerprint density at radius 3 is 2.17 bits per heavy atom. The summed E-state index contributed by atoms with van der Waals surface area (Å²) in [7, 11) is -3.97. The number of hydrogen-bond acceptors (Lipinski definition) is 6. The highest BCUT2D eigenvalue weighted by molar-refractivity contribution is 7.92. The van der Waals surface area contributed by atoms with Crippen molar-refractivity contribution in [1.29, 1.82) is 0 Å². The molecule has 0 aromatic heterocycles. The van der Waals surface area contributed by atoms with Crippen LogP contribution in [0.2, 0.25) is 0 Å². The van der Waals surface area contributed by atoms with Crippen LogP contribution >= 0.6 is 0 Å². The Kier molecular flexibility index (Phi) is 11.2. The van der Waals surface area contributed by atoms with E-state index in [9.17, 15) is 26.8 Å². The third kappa shape index (κ3) is 9.60. The molecule has 0 aliphatic carbocycles. The second-order valence-corrected chi connectivity index (χ2v) is 12.8. The number of benzene rings is 4. The van der Waals surface area contributed by atoms with Gasteiger partial charge >= 0.3 is 0 Å². The number of nitrogens with one attached hydrogen (secondary N) is 2. The third-order valence-corrected chi connectivity index (χ3v) is 9.06. The van der Waals surface area contributed by atoms with E-state index in [4.69, 9.17) is 9.47 Å². The fourth-order valence-electron chi connectivity index (χ4n) is 5.15. The van der Waals surface area contributed by atoms with Crippen LogP contribution < -0.4 is 14.8 Å². The van der Waals surface area contributed by atoms with E-state index in [1.165, 1.54) is 53.4 Å². The maximum absolute atomic E-state index is 13.8. The molecule has 5 rings (SSSR count). The highest BCUT2D eigenvalue weighted by Crippen LogP contribution is 2.21. The quantitative estimate of drug-likeness (QED) is 0.195. The van der Waals surface area contributed by atoms with Crippen molar-refractivity contribution < 1.29 is 36.3 Å². The number of ether oxygens (including phenoxy) is 2. The van der Waals surface area contributed by atoms with Gasteiger partial charge in [0.05, 0.1) is 11.0 Å². The van der Waals surface area contributed by atoms with E-state index in [0.29, 0.717) is 18.7 Å². The van der Waals surface area contributed by atoms with Gasteiger partial charge in [0.1, 0.15) is 23.4 Å². The Morgan fingerprint density at radius 1 is 0.872 bits per heavy atom. The number of nitrogens with zero attached hydrogens (tertiary/aromatic N) is 1. The number of carbonyl (C=O) groups excluding carboxylic acids is 2. The lowest BCUT2D eigenvalue weighted by atomic mass is 10.0. The standard InChI is InChI=1S/C35H35F2N3O6S/c36-27-10-8-26(9-11-27)23-40(33(21-25-5-2-1-3-6-25)35(42)38-22-31-7-4-20-45-31)34(41)24-46-30-16-18-32(19-17-30)47(43,44)39-29-14-12-28(37)13-15-29/h1-3,5-6,8-19,31,33,39H,4,7,20-24H2,(H,38,42). The van der Waals surface area contributed by atoms with Crippen molar-refractivity contribution in [2.45, 2.75) is 42.8 Å². The Labute approximate surface area is 272 Å². The van der Waals surface area contributed by atoms with Crippen molar-refractivity contribution in [2.75, 3.05) is 24.5 Å². The summed E-state index contributed by atoms with van der Waals surface area (Å²) in [5.74, 6) is -1.56. The summed E-state index contributed by atoms with van der Waals surface area (Å²) in [6.07, 6.45) is 1.87. The van der Waals surface area contributed by atoms with Gasteiger partial charge in [0.2, 0.25) is 5.91 Å². The van der Waals surface area contributed by atoms with E-state index in [0.717, 1.165) is 30.5 Å². The van der Waals surface area contributed by atoms with Crippen molar-refractivity contribution in [2.24, 2.45) is 0 Å². The third-order valence-electron chi connectivity index (χ3n) is 7.66. The van der Waals surface area contributed by atoms with E-state index >= 15 is 0 Å². The lowest BCUT2D eigenvalue weighted by Crippen LogP contribution is -2.52. The molecular formula is C35H35F2N3O6S. The van der Waals surface area contributed by atoms with Crippen molar-refractivity contribution in [1.82, 2.24) is 10.2 Å². The summed E-state index contributed by atoms with van der Waals surface area (Å²) in [6, 6.07) is 24.4. The average molecular weight is 664 g/mol. The Bertz CT molecular complexity index is 1730. The second kappa shape index (κ2) is 15.7. The zero-order valence-electron chi connectivity index (χ0n) is 25.5. The fraction of sp³-hybridized carbons (Fsp3) is 0.257. The van der Waals surface area contributed by atoms with E-state index in [-0.39, 0.29) is 41.3 Å². The molecule has 1 aliphatic rings. The lowest BCUT2D eigenvalue weighted by molar-refractivity contribution is -0.143. The Morgan fingerprint density at radius 2 is 1.53 bits per heavy atom. The number of anilines is 1. The summed E-state index contributed by atoms with van der Waals surface area (Å²) in [4.78, 5) is 28.9. The molecule has 9 nitrogen and oxygen atoms in total. The number of halogens is 2. The smallest absolute Gasteiger partial charge is 0.261 e. The van der Waals surface area contributed by atoms with Crippen molar-refractivity contribution >= 4 is 27.5 Å². The molecule has 47 heavy (non-hydrogen) atoms. The van der Waals surface area contributed by atoms with Crippen LogP contribution in [-0.4, -0.2) is 57.0 Å². The molecule has 1 fully saturated rings. The summed E-state index contributed by atoms with van der Waals surface area (Å²) in [5.41, 5.74) is 1.66. The molecule has 2 amide bonds. The van der Waals surface area contributed by atoms with Crippen molar-refractivity contribution in [3.05, 3.63) is 126 Å². The van der Waals surface area contributed by atoms with Gasteiger partial charge in [-0.1, -0.05) is 42.5 Å². The molecular weight excluding hydrogens is 628 g/mol. The van der Waals surface area contributed by atoms with Crippen LogP contribution in [-0.2, 0) is 37.3 Å². The maximum Gasteiger partial charge on any atom is 0.261 e. The van der Waals surface area contributed by atoms with Crippen LogP contribution in [0.5, 0.6) is 5.75 Å². The highest BCUT2D eigenvalue weighted by Gasteiger charge is 2.31. The SMILES string of the molecule is O=C(NCC1CCCO1)C(Cc1ccccc1)N(Cc1ccc(F)cc1)C(=O)COc1ccc(S(=O)(=O)Nc2ccc(F)cc2)cc1. The molecule has 2 N–H and O–H groups in total. The lowest BCUT2D eigenvalue weighted by Gasteiger charge is -2.31. The first-order valence-corrected chi connectivity index (χ1v) is 16.6. The Balaban J connectivity index is 1.32. The first-order chi connectivity index (χ1) is 22.7. The normalized spacial score (nSPS) is 15.1. The van der Waals surface area contributed by atoms with Gasteiger partial charge in [0.25, 0.3) is 15.9 Å². The number of amides is 2. The molecule has 2 unspecified atom stereocenters. The minimum Gasteiger partial charge on any atom is -0.484 e. The summed E-state index contributed by atoms with van der Waals surface area (Å²) in [5, 5.41) is 2.95. The molecule has 0 saturated carbocycles. The zero-order valence-corrected chi connectivity index (χ0v) is 26.3. The van der Waals surface area contributed by atoms with Crippen LogP contribution in [0.3, 0.4) is 0 Å². The fourth-order valence-corrected chi connectivity index (χ4v) is 6.21. The van der Waals surface area contributed by atoms with E-state index in [2.05, 4.69) is 10.0 Å². The topological polar surface area (TPSA) is 114 Å². The molecule has 4 aromatic carbocycles. The number of carbonyl (C=O) groups is 2. The predicted molar refractivity (Wildman–Crippen MR) is 172 cm³/mol. The van der Waals surface area contributed by atoms with E-state index in [1.807, 2.05) is 30.3 Å². The van der Waals surface area contributed by atoms with Crippen LogP contribution in [0, 0.1) is 11.6 Å². The first-order valence-electron chi connectivity index (χ1n) is 15.1. The van der Waals surface area contributed by atoms with Crippen molar-refractivity contribution in [3.8, 4) is 5.75 Å². The molecule has 4 aromatic rings. The molecule has 0 spiro atoms. The molecule has 1 heterocycles. The van der Waals surface area contributed by atoms with Gasteiger partial charge < -0.3 is 19.7 Å².